The lowest BCUT2D eigenvalue weighted by atomic mass is 10.1. The summed E-state index contributed by atoms with van der Waals surface area (Å²) in [5.41, 5.74) is 2.04. The van der Waals surface area contributed by atoms with Crippen LogP contribution in [0.2, 0.25) is 0 Å². The Hall–Kier alpha value is -2.90. The first-order chi connectivity index (χ1) is 14.7. The minimum Gasteiger partial charge on any atom is -0.353 e. The summed E-state index contributed by atoms with van der Waals surface area (Å²) in [5, 5.41) is 6.85. The second kappa shape index (κ2) is 9.73. The predicted octanol–water partition coefficient (Wildman–Crippen LogP) is 3.97. The van der Waals surface area contributed by atoms with Crippen LogP contribution in [0.15, 0.2) is 61.2 Å². The molecule has 2 heterocycles. The van der Waals surface area contributed by atoms with Crippen LogP contribution in [0.1, 0.15) is 5.56 Å². The molecule has 2 N–H and O–H groups in total. The molecule has 0 unspecified atom stereocenters. The van der Waals surface area contributed by atoms with Crippen molar-refractivity contribution in [1.29, 1.82) is 0 Å². The van der Waals surface area contributed by atoms with E-state index in [1.54, 1.807) is 17.6 Å². The lowest BCUT2D eigenvalue weighted by Crippen LogP contribution is -2.47. The number of rotatable bonds is 7. The molecule has 7 heteroatoms. The number of nitrogens with one attached hydrogen (secondary N) is 2. The van der Waals surface area contributed by atoms with Gasteiger partial charge in [-0.1, -0.05) is 30.3 Å². The molecule has 2 amide bonds. The second-order valence-electron chi connectivity index (χ2n) is 7.41. The third-order valence-corrected chi connectivity index (χ3v) is 6.16. The van der Waals surface area contributed by atoms with E-state index in [4.69, 9.17) is 4.37 Å². The van der Waals surface area contributed by atoms with Gasteiger partial charge in [0.05, 0.1) is 4.70 Å². The van der Waals surface area contributed by atoms with E-state index in [9.17, 15) is 4.79 Å². The molecular weight excluding hydrogens is 394 g/mol. The van der Waals surface area contributed by atoms with E-state index in [1.807, 2.05) is 18.2 Å². The standard InChI is InChI=1S/C23H27N5OS/c1-2-11-24-23(29)25-19-7-5-6-18(17-19)10-12-27-13-15-28(16-14-27)22-20-8-3-4-9-21(20)30-26-22/h2-9,17H,1,10-16H2,(H2,24,25,29). The third kappa shape index (κ3) is 4.98. The fraction of sp³-hybridized carbons (Fsp3) is 0.304. The van der Waals surface area contributed by atoms with Crippen molar-refractivity contribution in [2.45, 2.75) is 6.42 Å². The van der Waals surface area contributed by atoms with Crippen molar-refractivity contribution >= 4 is 39.2 Å². The van der Waals surface area contributed by atoms with E-state index in [0.29, 0.717) is 6.54 Å². The molecule has 2 aromatic carbocycles. The Morgan fingerprint density at radius 2 is 1.97 bits per heavy atom. The fourth-order valence-corrected chi connectivity index (χ4v) is 4.51. The normalized spacial score (nSPS) is 14.6. The molecule has 0 atom stereocenters. The van der Waals surface area contributed by atoms with Gasteiger partial charge in [0.1, 0.15) is 5.82 Å². The summed E-state index contributed by atoms with van der Waals surface area (Å²) in [7, 11) is 0. The smallest absolute Gasteiger partial charge is 0.319 e. The number of aromatic nitrogens is 1. The molecule has 3 aromatic rings. The Balaban J connectivity index is 1.27. The first-order valence-corrected chi connectivity index (χ1v) is 11.1. The summed E-state index contributed by atoms with van der Waals surface area (Å²) in [6, 6.07) is 16.3. The average molecular weight is 422 g/mol. The van der Waals surface area contributed by atoms with Crippen molar-refractivity contribution in [2.75, 3.05) is 49.5 Å². The minimum atomic E-state index is -0.210. The number of piperazine rings is 1. The summed E-state index contributed by atoms with van der Waals surface area (Å²) in [6.07, 6.45) is 2.62. The van der Waals surface area contributed by atoms with Crippen LogP contribution in [-0.2, 0) is 6.42 Å². The number of carbonyl (C=O) groups is 1. The van der Waals surface area contributed by atoms with Gasteiger partial charge < -0.3 is 15.5 Å². The van der Waals surface area contributed by atoms with Crippen molar-refractivity contribution in [2.24, 2.45) is 0 Å². The van der Waals surface area contributed by atoms with Crippen LogP contribution in [0.3, 0.4) is 0 Å². The molecule has 1 aliphatic heterocycles. The number of benzene rings is 2. The van der Waals surface area contributed by atoms with Crippen LogP contribution >= 0.6 is 11.5 Å². The molecule has 0 bridgehead atoms. The monoisotopic (exact) mass is 421 g/mol. The van der Waals surface area contributed by atoms with E-state index >= 15 is 0 Å². The fourth-order valence-electron chi connectivity index (χ4n) is 3.72. The lowest BCUT2D eigenvalue weighted by molar-refractivity contribution is 0.253. The number of fused-ring (bicyclic) bond motifs is 1. The Labute approximate surface area is 181 Å². The molecule has 30 heavy (non-hydrogen) atoms. The Morgan fingerprint density at radius 3 is 2.80 bits per heavy atom. The summed E-state index contributed by atoms with van der Waals surface area (Å²) >= 11 is 1.58. The van der Waals surface area contributed by atoms with E-state index in [-0.39, 0.29) is 6.03 Å². The molecule has 1 saturated heterocycles. The highest BCUT2D eigenvalue weighted by Gasteiger charge is 2.20. The number of hydrogen-bond acceptors (Lipinski definition) is 5. The van der Waals surface area contributed by atoms with Crippen molar-refractivity contribution < 1.29 is 4.79 Å². The van der Waals surface area contributed by atoms with Gasteiger partial charge in [-0.25, -0.2) is 4.79 Å². The summed E-state index contributed by atoms with van der Waals surface area (Å²) in [4.78, 5) is 16.7. The highest BCUT2D eigenvalue weighted by Crippen LogP contribution is 2.29. The molecule has 0 radical (unpaired) electrons. The molecular formula is C23H27N5OS. The number of carbonyl (C=O) groups excluding carboxylic acids is 1. The van der Waals surface area contributed by atoms with Crippen LogP contribution in [-0.4, -0.2) is 54.6 Å². The van der Waals surface area contributed by atoms with E-state index in [0.717, 1.165) is 50.6 Å². The zero-order valence-corrected chi connectivity index (χ0v) is 17.8. The number of nitrogens with zero attached hydrogens (tertiary/aromatic N) is 3. The number of hydrogen-bond donors (Lipinski definition) is 2. The molecule has 0 aliphatic carbocycles. The van der Waals surface area contributed by atoms with Crippen LogP contribution in [0, 0.1) is 0 Å². The summed E-state index contributed by atoms with van der Waals surface area (Å²) < 4.78 is 5.94. The molecule has 1 aromatic heterocycles. The zero-order chi connectivity index (χ0) is 20.8. The third-order valence-electron chi connectivity index (χ3n) is 5.34. The molecule has 156 valence electrons. The van der Waals surface area contributed by atoms with Gasteiger partial charge in [-0.2, -0.15) is 4.37 Å². The summed E-state index contributed by atoms with van der Waals surface area (Å²) in [5.74, 6) is 1.13. The van der Waals surface area contributed by atoms with Gasteiger partial charge in [0.2, 0.25) is 0 Å². The average Bonchev–Trinajstić information content (AvgIpc) is 3.21. The van der Waals surface area contributed by atoms with Crippen LogP contribution < -0.4 is 15.5 Å². The predicted molar refractivity (Wildman–Crippen MR) is 126 cm³/mol. The molecule has 6 nitrogen and oxygen atoms in total. The Morgan fingerprint density at radius 1 is 1.13 bits per heavy atom. The molecule has 4 rings (SSSR count). The minimum absolute atomic E-state index is 0.210. The molecule has 1 aliphatic rings. The Kier molecular flexibility index (Phi) is 6.61. The van der Waals surface area contributed by atoms with Crippen LogP contribution in [0.25, 0.3) is 10.1 Å². The quantitative estimate of drug-likeness (QED) is 0.567. The highest BCUT2D eigenvalue weighted by atomic mass is 32.1. The summed E-state index contributed by atoms with van der Waals surface area (Å²) in [6.45, 7) is 9.13. The van der Waals surface area contributed by atoms with Crippen molar-refractivity contribution in [3.05, 3.63) is 66.7 Å². The van der Waals surface area contributed by atoms with Gasteiger partial charge >= 0.3 is 6.03 Å². The van der Waals surface area contributed by atoms with Crippen molar-refractivity contribution in [3.8, 4) is 0 Å². The zero-order valence-electron chi connectivity index (χ0n) is 17.0. The van der Waals surface area contributed by atoms with Crippen molar-refractivity contribution in [1.82, 2.24) is 14.6 Å². The molecule has 0 spiro atoms. The van der Waals surface area contributed by atoms with Gasteiger partial charge in [0, 0.05) is 50.3 Å². The topological polar surface area (TPSA) is 60.5 Å². The van der Waals surface area contributed by atoms with Gasteiger partial charge in [-0.05, 0) is 47.8 Å². The largest absolute Gasteiger partial charge is 0.353 e. The second-order valence-corrected chi connectivity index (χ2v) is 8.21. The van der Waals surface area contributed by atoms with E-state index in [1.165, 1.54) is 15.6 Å². The molecule has 0 saturated carbocycles. The first kappa shape index (κ1) is 20.4. The number of amides is 2. The van der Waals surface area contributed by atoms with E-state index < -0.39 is 0 Å². The molecule has 1 fully saturated rings. The van der Waals surface area contributed by atoms with Gasteiger partial charge in [0.25, 0.3) is 0 Å². The maximum atomic E-state index is 11.8. The van der Waals surface area contributed by atoms with Gasteiger partial charge in [-0.15, -0.1) is 6.58 Å². The van der Waals surface area contributed by atoms with Crippen LogP contribution in [0.5, 0.6) is 0 Å². The Bertz CT molecular complexity index is 1010. The highest BCUT2D eigenvalue weighted by molar-refractivity contribution is 7.13. The van der Waals surface area contributed by atoms with Gasteiger partial charge in [-0.3, -0.25) is 4.90 Å². The van der Waals surface area contributed by atoms with Crippen molar-refractivity contribution in [3.63, 3.8) is 0 Å². The number of urea groups is 1. The lowest BCUT2D eigenvalue weighted by Gasteiger charge is -2.35. The van der Waals surface area contributed by atoms with Gasteiger partial charge in [0.15, 0.2) is 0 Å². The van der Waals surface area contributed by atoms with E-state index in [2.05, 4.69) is 57.3 Å². The maximum Gasteiger partial charge on any atom is 0.319 e. The van der Waals surface area contributed by atoms with Crippen LogP contribution in [0.4, 0.5) is 16.3 Å². The SMILES string of the molecule is C=CCNC(=O)Nc1cccc(CCN2CCN(c3nsc4ccccc34)CC2)c1. The maximum absolute atomic E-state index is 11.8. The number of anilines is 2. The first-order valence-electron chi connectivity index (χ1n) is 10.3.